The van der Waals surface area contributed by atoms with Crippen LogP contribution in [0.25, 0.3) is 0 Å². The fourth-order valence-electron chi connectivity index (χ4n) is 1.69. The van der Waals surface area contributed by atoms with Crippen LogP contribution in [0.4, 0.5) is 5.82 Å². The predicted molar refractivity (Wildman–Crippen MR) is 59.7 cm³/mol. The molecule has 2 nitrogen and oxygen atoms in total. The lowest BCUT2D eigenvalue weighted by Crippen LogP contribution is -2.33. The third-order valence-corrected chi connectivity index (χ3v) is 3.00. The molecule has 0 spiro atoms. The van der Waals surface area contributed by atoms with Gasteiger partial charge in [-0.2, -0.15) is 0 Å². The first-order valence-corrected chi connectivity index (χ1v) is 5.35. The zero-order valence-electron chi connectivity index (χ0n) is 8.55. The molecule has 0 atom stereocenters. The highest BCUT2D eigenvalue weighted by molar-refractivity contribution is 6.30. The second-order valence-corrected chi connectivity index (χ2v) is 4.92. The van der Waals surface area contributed by atoms with Crippen molar-refractivity contribution in [3.05, 3.63) is 23.4 Å². The highest BCUT2D eigenvalue weighted by Crippen LogP contribution is 2.40. The van der Waals surface area contributed by atoms with E-state index >= 15 is 0 Å². The minimum absolute atomic E-state index is 0.154. The number of hydrogen-bond acceptors (Lipinski definition) is 2. The number of anilines is 1. The minimum atomic E-state index is 0.154. The molecule has 0 radical (unpaired) electrons. The van der Waals surface area contributed by atoms with Gasteiger partial charge in [-0.1, -0.05) is 11.6 Å². The van der Waals surface area contributed by atoms with Crippen LogP contribution in [0.15, 0.2) is 18.3 Å². The Bertz CT molecular complexity index is 315. The maximum atomic E-state index is 5.77. The van der Waals surface area contributed by atoms with E-state index < -0.39 is 0 Å². The van der Waals surface area contributed by atoms with Crippen LogP contribution in [-0.2, 0) is 0 Å². The van der Waals surface area contributed by atoms with Gasteiger partial charge in [0, 0.05) is 11.7 Å². The molecule has 1 saturated carbocycles. The van der Waals surface area contributed by atoms with Gasteiger partial charge in [-0.15, -0.1) is 0 Å². The maximum absolute atomic E-state index is 5.77. The molecule has 1 aromatic heterocycles. The summed E-state index contributed by atoms with van der Waals surface area (Å²) < 4.78 is 0. The summed E-state index contributed by atoms with van der Waals surface area (Å²) in [5, 5.41) is 4.12. The zero-order chi connectivity index (χ0) is 10.2. The molecule has 14 heavy (non-hydrogen) atoms. The molecule has 0 unspecified atom stereocenters. The number of aromatic nitrogens is 1. The van der Waals surface area contributed by atoms with Crippen molar-refractivity contribution in [2.24, 2.45) is 5.92 Å². The summed E-state index contributed by atoms with van der Waals surface area (Å²) in [7, 11) is 0. The van der Waals surface area contributed by atoms with Gasteiger partial charge in [0.25, 0.3) is 0 Å². The van der Waals surface area contributed by atoms with Crippen LogP contribution in [-0.4, -0.2) is 10.5 Å². The molecule has 0 aliphatic heterocycles. The second kappa shape index (κ2) is 3.43. The third kappa shape index (κ3) is 2.18. The van der Waals surface area contributed by atoms with Gasteiger partial charge in [0.1, 0.15) is 5.82 Å². The second-order valence-electron chi connectivity index (χ2n) is 4.48. The molecule has 1 aliphatic carbocycles. The van der Waals surface area contributed by atoms with E-state index in [4.69, 9.17) is 11.6 Å². The summed E-state index contributed by atoms with van der Waals surface area (Å²) in [6.45, 7) is 4.45. The van der Waals surface area contributed by atoms with Crippen LogP contribution in [0.5, 0.6) is 0 Å². The normalized spacial score (nSPS) is 16.8. The molecular weight excluding hydrogens is 196 g/mol. The van der Waals surface area contributed by atoms with Gasteiger partial charge in [0.15, 0.2) is 0 Å². The zero-order valence-corrected chi connectivity index (χ0v) is 9.30. The van der Waals surface area contributed by atoms with E-state index in [2.05, 4.69) is 24.1 Å². The van der Waals surface area contributed by atoms with Gasteiger partial charge in [-0.25, -0.2) is 4.98 Å². The lowest BCUT2D eigenvalue weighted by atomic mass is 9.99. The molecule has 1 N–H and O–H groups in total. The van der Waals surface area contributed by atoms with Crippen molar-refractivity contribution in [3.63, 3.8) is 0 Å². The van der Waals surface area contributed by atoms with Crippen LogP contribution in [0.3, 0.4) is 0 Å². The lowest BCUT2D eigenvalue weighted by Gasteiger charge is -2.26. The standard InChI is InChI=1S/C11H15ClN2/c1-11(2,8-3-4-8)14-10-6-5-9(12)7-13-10/h5-8H,3-4H2,1-2H3,(H,13,14). The van der Waals surface area contributed by atoms with Crippen LogP contribution in [0.2, 0.25) is 5.02 Å². The molecule has 76 valence electrons. The Morgan fingerprint density at radius 3 is 2.64 bits per heavy atom. The Balaban J connectivity index is 2.06. The fourth-order valence-corrected chi connectivity index (χ4v) is 1.80. The predicted octanol–water partition coefficient (Wildman–Crippen LogP) is 3.34. The van der Waals surface area contributed by atoms with E-state index in [0.29, 0.717) is 5.02 Å². The SMILES string of the molecule is CC(C)(Nc1ccc(Cl)cn1)C1CC1. The van der Waals surface area contributed by atoms with E-state index in [1.54, 1.807) is 6.20 Å². The van der Waals surface area contributed by atoms with Crippen LogP contribution < -0.4 is 5.32 Å². The Hall–Kier alpha value is -0.760. The average Bonchev–Trinajstić information content (AvgIpc) is 2.91. The van der Waals surface area contributed by atoms with Crippen molar-refractivity contribution in [3.8, 4) is 0 Å². The number of halogens is 1. The van der Waals surface area contributed by atoms with Gasteiger partial charge in [0.2, 0.25) is 0 Å². The summed E-state index contributed by atoms with van der Waals surface area (Å²) in [4.78, 5) is 4.23. The van der Waals surface area contributed by atoms with Crippen molar-refractivity contribution in [1.82, 2.24) is 4.98 Å². The quantitative estimate of drug-likeness (QED) is 0.828. The first-order chi connectivity index (χ1) is 6.58. The van der Waals surface area contributed by atoms with E-state index in [0.717, 1.165) is 11.7 Å². The molecule has 0 bridgehead atoms. The largest absolute Gasteiger partial charge is 0.365 e. The number of pyridine rings is 1. The van der Waals surface area contributed by atoms with Crippen molar-refractivity contribution < 1.29 is 0 Å². The molecular formula is C11H15ClN2. The number of hydrogen-bond donors (Lipinski definition) is 1. The summed E-state index contributed by atoms with van der Waals surface area (Å²) in [6.07, 6.45) is 4.33. The number of rotatable bonds is 3. The monoisotopic (exact) mass is 210 g/mol. The average molecular weight is 211 g/mol. The molecule has 3 heteroatoms. The van der Waals surface area contributed by atoms with Gasteiger partial charge in [0.05, 0.1) is 5.02 Å². The third-order valence-electron chi connectivity index (χ3n) is 2.78. The van der Waals surface area contributed by atoms with Crippen molar-refractivity contribution in [2.45, 2.75) is 32.2 Å². The Kier molecular flexibility index (Phi) is 2.40. The summed E-state index contributed by atoms with van der Waals surface area (Å²) in [6, 6.07) is 3.78. The van der Waals surface area contributed by atoms with E-state index in [1.807, 2.05) is 12.1 Å². The van der Waals surface area contributed by atoms with Crippen molar-refractivity contribution >= 4 is 17.4 Å². The molecule has 1 aliphatic rings. The molecule has 0 amide bonds. The first kappa shape index (κ1) is 9.78. The fraction of sp³-hybridized carbons (Fsp3) is 0.545. The first-order valence-electron chi connectivity index (χ1n) is 4.98. The summed E-state index contributed by atoms with van der Waals surface area (Å²) >= 11 is 5.77. The van der Waals surface area contributed by atoms with Gasteiger partial charge >= 0.3 is 0 Å². The van der Waals surface area contributed by atoms with Gasteiger partial charge < -0.3 is 5.32 Å². The van der Waals surface area contributed by atoms with Gasteiger partial charge in [-0.05, 0) is 44.7 Å². The summed E-state index contributed by atoms with van der Waals surface area (Å²) in [5.74, 6) is 1.70. The topological polar surface area (TPSA) is 24.9 Å². The molecule has 1 fully saturated rings. The number of nitrogens with zero attached hydrogens (tertiary/aromatic N) is 1. The van der Waals surface area contributed by atoms with E-state index in [9.17, 15) is 0 Å². The van der Waals surface area contributed by atoms with Crippen LogP contribution in [0, 0.1) is 5.92 Å². The highest BCUT2D eigenvalue weighted by atomic mass is 35.5. The van der Waals surface area contributed by atoms with Gasteiger partial charge in [-0.3, -0.25) is 0 Å². The van der Waals surface area contributed by atoms with Crippen molar-refractivity contribution in [1.29, 1.82) is 0 Å². The van der Waals surface area contributed by atoms with E-state index in [-0.39, 0.29) is 5.54 Å². The number of nitrogens with one attached hydrogen (secondary N) is 1. The smallest absolute Gasteiger partial charge is 0.126 e. The maximum Gasteiger partial charge on any atom is 0.126 e. The molecule has 2 rings (SSSR count). The molecule has 0 saturated heterocycles. The van der Waals surface area contributed by atoms with Crippen molar-refractivity contribution in [2.75, 3.05) is 5.32 Å². The molecule has 0 aromatic carbocycles. The van der Waals surface area contributed by atoms with Crippen LogP contribution in [0.1, 0.15) is 26.7 Å². The molecule has 1 aromatic rings. The highest BCUT2D eigenvalue weighted by Gasteiger charge is 2.37. The minimum Gasteiger partial charge on any atom is -0.365 e. The van der Waals surface area contributed by atoms with Crippen LogP contribution >= 0.6 is 11.6 Å². The Morgan fingerprint density at radius 1 is 1.43 bits per heavy atom. The lowest BCUT2D eigenvalue weighted by molar-refractivity contribution is 0.492. The Morgan fingerprint density at radius 2 is 2.14 bits per heavy atom. The van der Waals surface area contributed by atoms with E-state index in [1.165, 1.54) is 12.8 Å². The summed E-state index contributed by atoms with van der Waals surface area (Å²) in [5.41, 5.74) is 0.154. The molecule has 1 heterocycles. The Labute approximate surface area is 89.7 Å².